The molecular weight excluding hydrogens is 292 g/mol. The van der Waals surface area contributed by atoms with E-state index in [4.69, 9.17) is 5.11 Å². The molecule has 0 amide bonds. The Labute approximate surface area is 133 Å². The fourth-order valence-corrected chi connectivity index (χ4v) is 2.41. The van der Waals surface area contributed by atoms with E-state index < -0.39 is 5.97 Å². The highest BCUT2D eigenvalue weighted by Crippen LogP contribution is 2.15. The van der Waals surface area contributed by atoms with Gasteiger partial charge in [-0.15, -0.1) is 0 Å². The van der Waals surface area contributed by atoms with Crippen molar-refractivity contribution in [2.24, 2.45) is 5.10 Å². The largest absolute Gasteiger partial charge is 0.478 e. The summed E-state index contributed by atoms with van der Waals surface area (Å²) in [4.78, 5) is 15.5. The molecule has 0 unspecified atom stereocenters. The molecule has 3 aromatic rings. The third kappa shape index (κ3) is 3.06. The zero-order valence-corrected chi connectivity index (χ0v) is 12.6. The van der Waals surface area contributed by atoms with Crippen LogP contribution < -0.4 is 5.43 Å². The summed E-state index contributed by atoms with van der Waals surface area (Å²) in [6, 6.07) is 14.4. The number of para-hydroxylation sites is 2. The van der Waals surface area contributed by atoms with Gasteiger partial charge in [-0.1, -0.05) is 18.2 Å². The minimum absolute atomic E-state index is 0.214. The molecule has 1 aromatic heterocycles. The molecule has 116 valence electrons. The van der Waals surface area contributed by atoms with Crippen LogP contribution in [0.5, 0.6) is 0 Å². The van der Waals surface area contributed by atoms with Crippen molar-refractivity contribution in [1.29, 1.82) is 0 Å². The van der Waals surface area contributed by atoms with Crippen molar-refractivity contribution in [2.75, 3.05) is 5.43 Å². The molecular formula is C17H16N4O2. The van der Waals surface area contributed by atoms with E-state index in [0.717, 1.165) is 23.4 Å². The van der Waals surface area contributed by atoms with Gasteiger partial charge in [0.05, 0.1) is 28.5 Å². The summed E-state index contributed by atoms with van der Waals surface area (Å²) < 4.78 is 2.06. The van der Waals surface area contributed by atoms with Crippen LogP contribution in [-0.4, -0.2) is 26.8 Å². The summed E-state index contributed by atoms with van der Waals surface area (Å²) in [6.07, 6.45) is 1.64. The van der Waals surface area contributed by atoms with E-state index >= 15 is 0 Å². The maximum atomic E-state index is 11.0. The number of hydrogen-bond donors (Lipinski definition) is 2. The third-order valence-corrected chi connectivity index (χ3v) is 3.48. The number of benzene rings is 2. The Morgan fingerprint density at radius 3 is 2.91 bits per heavy atom. The fraction of sp³-hybridized carbons (Fsp3) is 0.118. The molecule has 0 aliphatic carbocycles. The summed E-state index contributed by atoms with van der Waals surface area (Å²) in [7, 11) is 0. The summed E-state index contributed by atoms with van der Waals surface area (Å²) in [5, 5.41) is 13.1. The van der Waals surface area contributed by atoms with Gasteiger partial charge < -0.3 is 9.67 Å². The molecule has 6 nitrogen and oxygen atoms in total. The van der Waals surface area contributed by atoms with Crippen LogP contribution in [0.1, 0.15) is 23.1 Å². The Morgan fingerprint density at radius 2 is 2.13 bits per heavy atom. The third-order valence-electron chi connectivity index (χ3n) is 3.48. The number of nitrogens with zero attached hydrogens (tertiary/aromatic N) is 3. The van der Waals surface area contributed by atoms with Crippen LogP contribution in [0, 0.1) is 0 Å². The van der Waals surface area contributed by atoms with Crippen molar-refractivity contribution in [3.63, 3.8) is 0 Å². The zero-order chi connectivity index (χ0) is 16.2. The molecule has 0 radical (unpaired) electrons. The number of imidazole rings is 1. The molecule has 0 spiro atoms. The molecule has 0 saturated heterocycles. The smallest absolute Gasteiger partial charge is 0.335 e. The normalized spacial score (nSPS) is 11.2. The second-order valence-electron chi connectivity index (χ2n) is 4.96. The van der Waals surface area contributed by atoms with Crippen LogP contribution in [0.15, 0.2) is 53.6 Å². The maximum absolute atomic E-state index is 11.0. The molecule has 0 fully saturated rings. The summed E-state index contributed by atoms with van der Waals surface area (Å²) in [6.45, 7) is 2.84. The lowest BCUT2D eigenvalue weighted by atomic mass is 10.2. The minimum Gasteiger partial charge on any atom is -0.478 e. The van der Waals surface area contributed by atoms with E-state index in [-0.39, 0.29) is 5.56 Å². The molecule has 2 N–H and O–H groups in total. The fourth-order valence-electron chi connectivity index (χ4n) is 2.41. The van der Waals surface area contributed by atoms with E-state index in [1.807, 2.05) is 24.3 Å². The number of nitrogens with one attached hydrogen (secondary N) is 1. The molecule has 23 heavy (non-hydrogen) atoms. The van der Waals surface area contributed by atoms with Gasteiger partial charge in [0, 0.05) is 6.54 Å². The van der Waals surface area contributed by atoms with Gasteiger partial charge in [0.1, 0.15) is 0 Å². The first kappa shape index (κ1) is 14.8. The molecule has 0 bridgehead atoms. The van der Waals surface area contributed by atoms with E-state index in [1.165, 1.54) is 12.1 Å². The molecule has 2 aromatic carbocycles. The quantitative estimate of drug-likeness (QED) is 0.560. The van der Waals surface area contributed by atoms with Crippen LogP contribution in [-0.2, 0) is 6.54 Å². The molecule has 1 heterocycles. The molecule has 0 aliphatic rings. The van der Waals surface area contributed by atoms with Gasteiger partial charge in [-0.2, -0.15) is 5.10 Å². The molecule has 0 saturated carbocycles. The molecule has 3 rings (SSSR count). The first-order valence-electron chi connectivity index (χ1n) is 7.26. The Morgan fingerprint density at radius 1 is 1.30 bits per heavy atom. The predicted molar refractivity (Wildman–Crippen MR) is 90.0 cm³/mol. The molecule has 6 heteroatoms. The average molecular weight is 308 g/mol. The highest BCUT2D eigenvalue weighted by molar-refractivity contribution is 5.89. The number of fused-ring (bicyclic) bond motifs is 1. The van der Waals surface area contributed by atoms with Crippen molar-refractivity contribution < 1.29 is 9.90 Å². The van der Waals surface area contributed by atoms with Gasteiger partial charge in [0.25, 0.3) is 0 Å². The SMILES string of the molecule is CCn1c(/C=N/Nc2cccc(C(=O)O)c2)nc2ccccc21. The van der Waals surface area contributed by atoms with E-state index in [9.17, 15) is 4.79 Å². The number of carboxylic acid groups (broad SMARTS) is 1. The van der Waals surface area contributed by atoms with Gasteiger partial charge >= 0.3 is 5.97 Å². The predicted octanol–water partition coefficient (Wildman–Crippen LogP) is 3.20. The van der Waals surface area contributed by atoms with Crippen LogP contribution in [0.4, 0.5) is 5.69 Å². The molecule has 0 aliphatic heterocycles. The summed E-state index contributed by atoms with van der Waals surface area (Å²) in [5.41, 5.74) is 5.64. The Kier molecular flexibility index (Phi) is 4.05. The highest BCUT2D eigenvalue weighted by Gasteiger charge is 2.06. The molecule has 0 atom stereocenters. The van der Waals surface area contributed by atoms with Crippen molar-refractivity contribution in [3.05, 3.63) is 59.9 Å². The number of aryl methyl sites for hydroxylation is 1. The van der Waals surface area contributed by atoms with Crippen LogP contribution in [0.3, 0.4) is 0 Å². The number of aromatic nitrogens is 2. The Bertz CT molecular complexity index is 883. The van der Waals surface area contributed by atoms with Crippen LogP contribution >= 0.6 is 0 Å². The lowest BCUT2D eigenvalue weighted by Crippen LogP contribution is -2.02. The van der Waals surface area contributed by atoms with Crippen molar-refractivity contribution >= 4 is 28.9 Å². The lowest BCUT2D eigenvalue weighted by molar-refractivity contribution is 0.0697. The van der Waals surface area contributed by atoms with Crippen molar-refractivity contribution in [3.8, 4) is 0 Å². The Hall–Kier alpha value is -3.15. The van der Waals surface area contributed by atoms with E-state index in [2.05, 4.69) is 27.0 Å². The van der Waals surface area contributed by atoms with Crippen molar-refractivity contribution in [1.82, 2.24) is 9.55 Å². The summed E-state index contributed by atoms with van der Waals surface area (Å²) in [5.74, 6) is -0.221. The lowest BCUT2D eigenvalue weighted by Gasteiger charge is -2.03. The Balaban J connectivity index is 1.83. The maximum Gasteiger partial charge on any atom is 0.335 e. The topological polar surface area (TPSA) is 79.5 Å². The first-order valence-corrected chi connectivity index (χ1v) is 7.26. The van der Waals surface area contributed by atoms with Crippen molar-refractivity contribution in [2.45, 2.75) is 13.5 Å². The van der Waals surface area contributed by atoms with E-state index in [0.29, 0.717) is 5.69 Å². The zero-order valence-electron chi connectivity index (χ0n) is 12.6. The number of aromatic carboxylic acids is 1. The van der Waals surface area contributed by atoms with Gasteiger partial charge in [0.15, 0.2) is 5.82 Å². The van der Waals surface area contributed by atoms with Gasteiger partial charge in [-0.25, -0.2) is 9.78 Å². The summed E-state index contributed by atoms with van der Waals surface area (Å²) >= 11 is 0. The minimum atomic E-state index is -0.967. The first-order chi connectivity index (χ1) is 11.2. The van der Waals surface area contributed by atoms with Gasteiger partial charge in [0.2, 0.25) is 0 Å². The van der Waals surface area contributed by atoms with Crippen LogP contribution in [0.2, 0.25) is 0 Å². The van der Waals surface area contributed by atoms with E-state index in [1.54, 1.807) is 18.3 Å². The van der Waals surface area contributed by atoms with Gasteiger partial charge in [-0.3, -0.25) is 5.43 Å². The number of rotatable bonds is 5. The number of hydrazone groups is 1. The number of anilines is 1. The van der Waals surface area contributed by atoms with Crippen LogP contribution in [0.25, 0.3) is 11.0 Å². The highest BCUT2D eigenvalue weighted by atomic mass is 16.4. The second kappa shape index (κ2) is 6.31. The monoisotopic (exact) mass is 308 g/mol. The number of carboxylic acids is 1. The van der Waals surface area contributed by atoms with Gasteiger partial charge in [-0.05, 0) is 37.3 Å². The standard InChI is InChI=1S/C17H16N4O2/c1-2-21-15-9-4-3-8-14(15)19-16(21)11-18-20-13-7-5-6-12(10-13)17(22)23/h3-11,20H,2H2,1H3,(H,22,23)/b18-11+. The number of carbonyl (C=O) groups is 1. The second-order valence-corrected chi connectivity index (χ2v) is 4.96. The number of hydrogen-bond acceptors (Lipinski definition) is 4. The average Bonchev–Trinajstić information content (AvgIpc) is 2.92.